The van der Waals surface area contributed by atoms with Crippen LogP contribution in [0, 0.1) is 6.92 Å². The maximum Gasteiger partial charge on any atom is 0.152 e. The summed E-state index contributed by atoms with van der Waals surface area (Å²) in [4.78, 5) is 14.3. The number of aromatic nitrogens is 2. The van der Waals surface area contributed by atoms with Gasteiger partial charge in [-0.05, 0) is 35.7 Å². The lowest BCUT2D eigenvalue weighted by atomic mass is 10.1. The molecule has 19 heavy (non-hydrogen) atoms. The number of piperidine rings is 1. The number of ketones is 1. The van der Waals surface area contributed by atoms with E-state index in [1.165, 1.54) is 0 Å². The maximum absolute atomic E-state index is 12.1. The largest absolute Gasteiger partial charge is 0.328 e. The van der Waals surface area contributed by atoms with Crippen molar-refractivity contribution in [1.29, 1.82) is 0 Å². The van der Waals surface area contributed by atoms with Gasteiger partial charge >= 0.3 is 0 Å². The van der Waals surface area contributed by atoms with E-state index in [4.69, 9.17) is 5.73 Å². The zero-order valence-electron chi connectivity index (χ0n) is 11.5. The molecule has 1 aromatic heterocycles. The number of nitrogens with zero attached hydrogens (tertiary/aromatic N) is 3. The van der Waals surface area contributed by atoms with Crippen LogP contribution in [0.15, 0.2) is 4.47 Å². The second-order valence-corrected chi connectivity index (χ2v) is 6.09. The van der Waals surface area contributed by atoms with Crippen LogP contribution < -0.4 is 5.73 Å². The summed E-state index contributed by atoms with van der Waals surface area (Å²) in [6.07, 6.45) is 2.41. The molecule has 0 aliphatic carbocycles. The Morgan fingerprint density at radius 2 is 2.11 bits per heavy atom. The van der Waals surface area contributed by atoms with E-state index < -0.39 is 0 Å². The van der Waals surface area contributed by atoms with Gasteiger partial charge in [0.15, 0.2) is 5.78 Å². The molecule has 1 aliphatic heterocycles. The molecular weight excluding hydrogens is 308 g/mol. The van der Waals surface area contributed by atoms with E-state index in [0.717, 1.165) is 41.8 Å². The Kier molecular flexibility index (Phi) is 4.76. The number of halogens is 1. The van der Waals surface area contributed by atoms with Crippen LogP contribution in [0.3, 0.4) is 0 Å². The molecule has 0 aromatic carbocycles. The van der Waals surface area contributed by atoms with Crippen molar-refractivity contribution in [1.82, 2.24) is 14.7 Å². The minimum atomic E-state index is 0.235. The van der Waals surface area contributed by atoms with Gasteiger partial charge in [0.2, 0.25) is 0 Å². The molecule has 2 rings (SSSR count). The second kappa shape index (κ2) is 6.15. The van der Waals surface area contributed by atoms with Crippen LogP contribution in [0.4, 0.5) is 0 Å². The fourth-order valence-corrected chi connectivity index (χ4v) is 2.95. The number of hydrogen-bond donors (Lipinski definition) is 1. The van der Waals surface area contributed by atoms with Gasteiger partial charge in [-0.15, -0.1) is 0 Å². The van der Waals surface area contributed by atoms with E-state index in [9.17, 15) is 4.79 Å². The molecule has 0 unspecified atom stereocenters. The van der Waals surface area contributed by atoms with Gasteiger partial charge in [0.1, 0.15) is 0 Å². The molecule has 1 aromatic rings. The first-order valence-electron chi connectivity index (χ1n) is 6.65. The lowest BCUT2D eigenvalue weighted by molar-refractivity contribution is -0.119. The maximum atomic E-state index is 12.1. The van der Waals surface area contributed by atoms with Crippen molar-refractivity contribution in [3.05, 3.63) is 15.9 Å². The predicted molar refractivity (Wildman–Crippen MR) is 78.0 cm³/mol. The number of Topliss-reactive ketones (excluding diaryl/α,β-unsaturated/α-hetero) is 1. The highest BCUT2D eigenvalue weighted by atomic mass is 79.9. The summed E-state index contributed by atoms with van der Waals surface area (Å²) in [7, 11) is 1.88. The molecule has 5 nitrogen and oxygen atoms in total. The molecule has 1 aliphatic rings. The molecule has 106 valence electrons. The first-order valence-corrected chi connectivity index (χ1v) is 7.44. The highest BCUT2D eigenvalue weighted by molar-refractivity contribution is 9.10. The van der Waals surface area contributed by atoms with Gasteiger partial charge in [0.05, 0.1) is 28.8 Å². The molecule has 6 heteroatoms. The number of hydrogen-bond acceptors (Lipinski definition) is 4. The van der Waals surface area contributed by atoms with Crippen LogP contribution in [0.2, 0.25) is 0 Å². The smallest absolute Gasteiger partial charge is 0.152 e. The SMILES string of the molecule is Cc1nn(C)c(CC(=O)CN2CCC(N)CC2)c1Br. The summed E-state index contributed by atoms with van der Waals surface area (Å²) in [6, 6.07) is 0.306. The molecule has 0 radical (unpaired) electrons. The molecule has 0 atom stereocenters. The third kappa shape index (κ3) is 3.64. The second-order valence-electron chi connectivity index (χ2n) is 5.30. The third-order valence-corrected chi connectivity index (χ3v) is 4.69. The number of carbonyl (C=O) groups is 1. The van der Waals surface area contributed by atoms with Crippen LogP contribution in [-0.4, -0.2) is 46.1 Å². The molecule has 0 saturated carbocycles. The average molecular weight is 329 g/mol. The lowest BCUT2D eigenvalue weighted by Gasteiger charge is -2.29. The monoisotopic (exact) mass is 328 g/mol. The summed E-state index contributed by atoms with van der Waals surface area (Å²) in [5.74, 6) is 0.235. The molecule has 1 saturated heterocycles. The Morgan fingerprint density at radius 1 is 1.47 bits per heavy atom. The van der Waals surface area contributed by atoms with Crippen LogP contribution in [0.1, 0.15) is 24.2 Å². The quantitative estimate of drug-likeness (QED) is 0.896. The molecule has 1 fully saturated rings. The van der Waals surface area contributed by atoms with Gasteiger partial charge < -0.3 is 5.73 Å². The van der Waals surface area contributed by atoms with Crippen molar-refractivity contribution in [3.8, 4) is 0 Å². The number of aryl methyl sites for hydroxylation is 2. The van der Waals surface area contributed by atoms with Crippen LogP contribution in [0.25, 0.3) is 0 Å². The van der Waals surface area contributed by atoms with Crippen LogP contribution in [0.5, 0.6) is 0 Å². The van der Waals surface area contributed by atoms with E-state index in [1.54, 1.807) is 4.68 Å². The lowest BCUT2D eigenvalue weighted by Crippen LogP contribution is -2.42. The number of rotatable bonds is 4. The van der Waals surface area contributed by atoms with Gasteiger partial charge in [0, 0.05) is 26.2 Å². The van der Waals surface area contributed by atoms with Crippen LogP contribution in [-0.2, 0) is 18.3 Å². The van der Waals surface area contributed by atoms with E-state index in [1.807, 2.05) is 14.0 Å². The van der Waals surface area contributed by atoms with E-state index >= 15 is 0 Å². The van der Waals surface area contributed by atoms with Gasteiger partial charge in [-0.25, -0.2) is 0 Å². The normalized spacial score (nSPS) is 17.9. The first-order chi connectivity index (χ1) is 8.97. The highest BCUT2D eigenvalue weighted by Gasteiger charge is 2.20. The average Bonchev–Trinajstić information content (AvgIpc) is 2.59. The van der Waals surface area contributed by atoms with Crippen molar-refractivity contribution in [2.45, 2.75) is 32.2 Å². The van der Waals surface area contributed by atoms with Gasteiger partial charge in [-0.1, -0.05) is 0 Å². The fourth-order valence-electron chi connectivity index (χ4n) is 2.48. The van der Waals surface area contributed by atoms with Gasteiger partial charge in [0.25, 0.3) is 0 Å². The molecule has 2 heterocycles. The zero-order valence-corrected chi connectivity index (χ0v) is 13.1. The van der Waals surface area contributed by atoms with Gasteiger partial charge in [-0.3, -0.25) is 14.4 Å². The summed E-state index contributed by atoms with van der Waals surface area (Å²) in [6.45, 7) is 4.31. The van der Waals surface area contributed by atoms with Crippen molar-refractivity contribution >= 4 is 21.7 Å². The Balaban J connectivity index is 1.91. The topological polar surface area (TPSA) is 64.2 Å². The van der Waals surface area contributed by atoms with E-state index in [-0.39, 0.29) is 5.78 Å². The Bertz CT molecular complexity index is 463. The van der Waals surface area contributed by atoms with Crippen molar-refractivity contribution in [2.24, 2.45) is 12.8 Å². The summed E-state index contributed by atoms with van der Waals surface area (Å²) in [5.41, 5.74) is 7.74. The van der Waals surface area contributed by atoms with Crippen LogP contribution >= 0.6 is 15.9 Å². The van der Waals surface area contributed by atoms with Crippen molar-refractivity contribution in [2.75, 3.05) is 19.6 Å². The summed E-state index contributed by atoms with van der Waals surface area (Å²) < 4.78 is 2.73. The van der Waals surface area contributed by atoms with E-state index in [2.05, 4.69) is 25.9 Å². The Hall–Kier alpha value is -0.720. The zero-order chi connectivity index (χ0) is 14.0. The highest BCUT2D eigenvalue weighted by Crippen LogP contribution is 2.21. The standard InChI is InChI=1S/C13H21BrN4O/c1-9-13(14)12(17(2)16-9)7-11(19)8-18-5-3-10(15)4-6-18/h10H,3-8,15H2,1-2H3. The predicted octanol–water partition coefficient (Wildman–Crippen LogP) is 1.03. The van der Waals surface area contributed by atoms with Crippen molar-refractivity contribution in [3.63, 3.8) is 0 Å². The molecular formula is C13H21BrN4O. The minimum absolute atomic E-state index is 0.235. The first kappa shape index (κ1) is 14.7. The Labute approximate surface area is 122 Å². The van der Waals surface area contributed by atoms with E-state index in [0.29, 0.717) is 19.0 Å². The number of nitrogens with two attached hydrogens (primary N) is 1. The number of carbonyl (C=O) groups excluding carboxylic acids is 1. The summed E-state index contributed by atoms with van der Waals surface area (Å²) >= 11 is 3.50. The minimum Gasteiger partial charge on any atom is -0.328 e. The third-order valence-electron chi connectivity index (χ3n) is 3.66. The summed E-state index contributed by atoms with van der Waals surface area (Å²) in [5, 5.41) is 4.31. The molecule has 0 bridgehead atoms. The molecule has 0 spiro atoms. The molecule has 2 N–H and O–H groups in total. The fraction of sp³-hybridized carbons (Fsp3) is 0.692. The van der Waals surface area contributed by atoms with Gasteiger partial charge in [-0.2, -0.15) is 5.10 Å². The Morgan fingerprint density at radius 3 is 2.63 bits per heavy atom. The number of likely N-dealkylation sites (tertiary alicyclic amines) is 1. The van der Waals surface area contributed by atoms with Crippen molar-refractivity contribution < 1.29 is 4.79 Å². The molecule has 0 amide bonds.